The highest BCUT2D eigenvalue weighted by atomic mass is 32.2. The predicted molar refractivity (Wildman–Crippen MR) is 58.8 cm³/mol. The average molecular weight is 235 g/mol. The summed E-state index contributed by atoms with van der Waals surface area (Å²) < 4.78 is 0. The zero-order chi connectivity index (χ0) is 12.0. The first-order valence-electron chi connectivity index (χ1n) is 4.64. The molecule has 0 saturated carbocycles. The van der Waals surface area contributed by atoms with Crippen LogP contribution in [-0.4, -0.2) is 45.2 Å². The molecule has 0 aromatic heterocycles. The van der Waals surface area contributed by atoms with E-state index in [4.69, 9.17) is 5.11 Å². The number of rotatable bonds is 6. The fraction of sp³-hybridized carbons (Fsp3) is 0.778. The van der Waals surface area contributed by atoms with Gasteiger partial charge in [-0.2, -0.15) is 11.8 Å². The van der Waals surface area contributed by atoms with E-state index < -0.39 is 18.1 Å². The third-order valence-corrected chi connectivity index (χ3v) is 3.33. The number of nitrogens with one attached hydrogen (secondary N) is 1. The Morgan fingerprint density at radius 1 is 1.40 bits per heavy atom. The second-order valence-corrected chi connectivity index (χ2v) is 4.78. The summed E-state index contributed by atoms with van der Waals surface area (Å²) in [6.07, 6.45) is -0.498. The molecule has 88 valence electrons. The minimum Gasteiger partial charge on any atom is -0.480 e. The van der Waals surface area contributed by atoms with Gasteiger partial charge in [0.05, 0.1) is 6.10 Å². The number of thioether (sulfide) groups is 1. The maximum atomic E-state index is 10.7. The lowest BCUT2D eigenvalue weighted by atomic mass is 10.3. The van der Waals surface area contributed by atoms with Crippen molar-refractivity contribution in [2.75, 3.05) is 5.75 Å². The van der Waals surface area contributed by atoms with E-state index >= 15 is 0 Å². The molecule has 3 N–H and O–H groups in total. The molecule has 0 radical (unpaired) electrons. The number of aliphatic hydroxyl groups is 1. The molecule has 2 unspecified atom stereocenters. The Balaban J connectivity index is 4.07. The van der Waals surface area contributed by atoms with Crippen LogP contribution in [0.25, 0.3) is 0 Å². The van der Waals surface area contributed by atoms with Gasteiger partial charge in [-0.1, -0.05) is 6.92 Å². The number of aliphatic hydroxyl groups excluding tert-OH is 1. The van der Waals surface area contributed by atoms with E-state index in [0.29, 0.717) is 0 Å². The van der Waals surface area contributed by atoms with Crippen LogP contribution in [0.5, 0.6) is 0 Å². The van der Waals surface area contributed by atoms with Gasteiger partial charge in [-0.3, -0.25) is 4.79 Å². The predicted octanol–water partition coefficient (Wildman–Crippen LogP) is 0.0782. The van der Waals surface area contributed by atoms with Crippen LogP contribution in [0.4, 0.5) is 0 Å². The topological polar surface area (TPSA) is 86.6 Å². The van der Waals surface area contributed by atoms with Gasteiger partial charge in [-0.15, -0.1) is 0 Å². The van der Waals surface area contributed by atoms with Crippen molar-refractivity contribution in [1.82, 2.24) is 5.32 Å². The quantitative estimate of drug-likeness (QED) is 0.607. The number of carbonyl (C=O) groups is 2. The smallest absolute Gasteiger partial charge is 0.327 e. The van der Waals surface area contributed by atoms with E-state index in [0.717, 1.165) is 0 Å². The number of hydrogen-bond donors (Lipinski definition) is 3. The molecule has 0 aliphatic heterocycles. The maximum absolute atomic E-state index is 10.7. The lowest BCUT2D eigenvalue weighted by Gasteiger charge is -2.17. The zero-order valence-corrected chi connectivity index (χ0v) is 9.87. The third kappa shape index (κ3) is 6.35. The minimum absolute atomic E-state index is 0.0550. The summed E-state index contributed by atoms with van der Waals surface area (Å²) in [5.41, 5.74) is 0. The van der Waals surface area contributed by atoms with Gasteiger partial charge in [0.1, 0.15) is 6.04 Å². The van der Waals surface area contributed by atoms with Crippen LogP contribution in [-0.2, 0) is 9.59 Å². The summed E-state index contributed by atoms with van der Waals surface area (Å²) in [4.78, 5) is 21.4. The van der Waals surface area contributed by atoms with Gasteiger partial charge in [0.2, 0.25) is 5.91 Å². The highest BCUT2D eigenvalue weighted by Gasteiger charge is 2.20. The second-order valence-electron chi connectivity index (χ2n) is 3.37. The second kappa shape index (κ2) is 6.68. The number of amides is 1. The van der Waals surface area contributed by atoms with Gasteiger partial charge < -0.3 is 15.5 Å². The molecule has 0 bridgehead atoms. The van der Waals surface area contributed by atoms with Crippen LogP contribution in [0.1, 0.15) is 20.8 Å². The normalized spacial score (nSPS) is 16.5. The van der Waals surface area contributed by atoms with E-state index in [9.17, 15) is 14.7 Å². The number of carbonyl (C=O) groups excluding carboxylic acids is 1. The number of carboxylic acids is 1. The van der Waals surface area contributed by atoms with Crippen LogP contribution in [0.3, 0.4) is 0 Å². The molecule has 0 aromatic rings. The Kier molecular flexibility index (Phi) is 6.35. The molecule has 5 nitrogen and oxygen atoms in total. The Labute approximate surface area is 93.2 Å². The van der Waals surface area contributed by atoms with Gasteiger partial charge in [0, 0.05) is 17.9 Å². The molecule has 0 spiro atoms. The fourth-order valence-electron chi connectivity index (χ4n) is 0.807. The molecule has 0 rings (SSSR count). The lowest BCUT2D eigenvalue weighted by Crippen LogP contribution is -2.42. The van der Waals surface area contributed by atoms with E-state index in [1.165, 1.54) is 18.7 Å². The minimum atomic E-state index is -1.06. The number of carboxylic acid groups (broad SMARTS) is 1. The first-order chi connectivity index (χ1) is 6.84. The van der Waals surface area contributed by atoms with E-state index in [2.05, 4.69) is 5.32 Å². The maximum Gasteiger partial charge on any atom is 0.327 e. The van der Waals surface area contributed by atoms with Crippen molar-refractivity contribution in [3.05, 3.63) is 0 Å². The van der Waals surface area contributed by atoms with E-state index in [1.54, 1.807) is 6.92 Å². The molecule has 6 heteroatoms. The summed E-state index contributed by atoms with van der Waals surface area (Å²) in [5, 5.41) is 20.3. The fourth-order valence-corrected chi connectivity index (χ4v) is 1.81. The molecule has 0 fully saturated rings. The van der Waals surface area contributed by atoms with Crippen molar-refractivity contribution >= 4 is 23.6 Å². The summed E-state index contributed by atoms with van der Waals surface area (Å²) in [6.45, 7) is 4.73. The van der Waals surface area contributed by atoms with Crippen molar-refractivity contribution in [3.63, 3.8) is 0 Å². The van der Waals surface area contributed by atoms with Crippen LogP contribution in [0, 0.1) is 0 Å². The molecule has 15 heavy (non-hydrogen) atoms. The molecule has 0 aliphatic rings. The summed E-state index contributed by atoms with van der Waals surface area (Å²) in [7, 11) is 0. The Bertz CT molecular complexity index is 232. The van der Waals surface area contributed by atoms with E-state index in [1.807, 2.05) is 6.92 Å². The lowest BCUT2D eigenvalue weighted by molar-refractivity contribution is -0.140. The molecular weight excluding hydrogens is 218 g/mol. The van der Waals surface area contributed by atoms with Gasteiger partial charge in [-0.25, -0.2) is 4.79 Å². The zero-order valence-electron chi connectivity index (χ0n) is 9.06. The van der Waals surface area contributed by atoms with Crippen LogP contribution in [0.2, 0.25) is 0 Å². The highest BCUT2D eigenvalue weighted by Crippen LogP contribution is 2.15. The van der Waals surface area contributed by atoms with Gasteiger partial charge in [0.15, 0.2) is 0 Å². The van der Waals surface area contributed by atoms with Crippen LogP contribution < -0.4 is 5.32 Å². The standard InChI is InChI=1S/C9H17NO4S/c1-5(11)6(2)15-4-8(9(13)14)10-7(3)12/h5-6,8,11H,4H2,1-3H3,(H,10,12)(H,13,14)/t5?,6?,8-/m0/s1. The Hall–Kier alpha value is -0.750. The third-order valence-electron chi connectivity index (χ3n) is 1.88. The summed E-state index contributed by atoms with van der Waals surface area (Å²) in [5.74, 6) is -1.18. The SMILES string of the molecule is CC(=O)N[C@@H](CSC(C)C(C)O)C(=O)O. The first-order valence-corrected chi connectivity index (χ1v) is 5.69. The van der Waals surface area contributed by atoms with Crippen LogP contribution >= 0.6 is 11.8 Å². The van der Waals surface area contributed by atoms with Gasteiger partial charge >= 0.3 is 5.97 Å². The summed E-state index contributed by atoms with van der Waals surface area (Å²) >= 11 is 1.32. The van der Waals surface area contributed by atoms with E-state index in [-0.39, 0.29) is 16.9 Å². The summed E-state index contributed by atoms with van der Waals surface area (Å²) in [6, 6.07) is -0.895. The number of aliphatic carboxylic acids is 1. The van der Waals surface area contributed by atoms with Crippen molar-refractivity contribution in [1.29, 1.82) is 0 Å². The molecule has 1 amide bonds. The molecule has 0 aliphatic carbocycles. The first kappa shape index (κ1) is 14.2. The molecule has 3 atom stereocenters. The van der Waals surface area contributed by atoms with Crippen molar-refractivity contribution in [2.24, 2.45) is 0 Å². The Morgan fingerprint density at radius 3 is 2.27 bits per heavy atom. The largest absolute Gasteiger partial charge is 0.480 e. The molecule has 0 aromatic carbocycles. The van der Waals surface area contributed by atoms with Crippen molar-refractivity contribution in [2.45, 2.75) is 38.2 Å². The van der Waals surface area contributed by atoms with Crippen LogP contribution in [0.15, 0.2) is 0 Å². The van der Waals surface area contributed by atoms with Gasteiger partial charge in [-0.05, 0) is 6.92 Å². The van der Waals surface area contributed by atoms with Crippen molar-refractivity contribution < 1.29 is 19.8 Å². The molecular formula is C9H17NO4S. The Morgan fingerprint density at radius 2 is 1.93 bits per heavy atom. The monoisotopic (exact) mass is 235 g/mol. The molecule has 0 saturated heterocycles. The molecule has 0 heterocycles. The highest BCUT2D eigenvalue weighted by molar-refractivity contribution is 8.00. The average Bonchev–Trinajstić information content (AvgIpc) is 2.10. The van der Waals surface area contributed by atoms with Gasteiger partial charge in [0.25, 0.3) is 0 Å². The number of hydrogen-bond acceptors (Lipinski definition) is 4. The van der Waals surface area contributed by atoms with Crippen molar-refractivity contribution in [3.8, 4) is 0 Å².